The smallest absolute Gasteiger partial charge is 0.209 e. The SMILES string of the molecule is O=CN1CCCN(Cc2cccc(OC[C@@H](O)CN3CCc4ccccc4C3)c2)CC1. The van der Waals surface area contributed by atoms with Gasteiger partial charge in [-0.2, -0.15) is 0 Å². The molecule has 0 aromatic heterocycles. The maximum absolute atomic E-state index is 11.0. The molecule has 0 saturated carbocycles. The van der Waals surface area contributed by atoms with Crippen LogP contribution in [-0.4, -0.2) is 78.2 Å². The summed E-state index contributed by atoms with van der Waals surface area (Å²) in [6.45, 7) is 7.13. The maximum Gasteiger partial charge on any atom is 0.209 e. The van der Waals surface area contributed by atoms with Crippen LogP contribution < -0.4 is 4.74 Å². The van der Waals surface area contributed by atoms with E-state index in [9.17, 15) is 9.90 Å². The fourth-order valence-electron chi connectivity index (χ4n) is 4.50. The number of hydrogen-bond acceptors (Lipinski definition) is 5. The molecule has 1 amide bonds. The van der Waals surface area contributed by atoms with E-state index in [1.165, 1.54) is 16.7 Å². The van der Waals surface area contributed by atoms with E-state index >= 15 is 0 Å². The molecule has 2 aliphatic rings. The van der Waals surface area contributed by atoms with Crippen molar-refractivity contribution >= 4 is 6.41 Å². The number of benzene rings is 2. The maximum atomic E-state index is 11.0. The van der Waals surface area contributed by atoms with E-state index in [1.807, 2.05) is 17.0 Å². The van der Waals surface area contributed by atoms with E-state index in [4.69, 9.17) is 4.74 Å². The number of fused-ring (bicyclic) bond motifs is 1. The van der Waals surface area contributed by atoms with Gasteiger partial charge in [-0.1, -0.05) is 36.4 Å². The lowest BCUT2D eigenvalue weighted by Gasteiger charge is -2.30. The monoisotopic (exact) mass is 423 g/mol. The van der Waals surface area contributed by atoms with Crippen LogP contribution in [0.25, 0.3) is 0 Å². The molecule has 4 rings (SSSR count). The summed E-state index contributed by atoms with van der Waals surface area (Å²) in [6.07, 6.45) is 2.47. The van der Waals surface area contributed by atoms with Crippen molar-refractivity contribution in [3.8, 4) is 5.75 Å². The number of hydrogen-bond donors (Lipinski definition) is 1. The Morgan fingerprint density at radius 3 is 2.71 bits per heavy atom. The van der Waals surface area contributed by atoms with Crippen LogP contribution in [0, 0.1) is 0 Å². The molecule has 2 aromatic carbocycles. The van der Waals surface area contributed by atoms with Crippen molar-refractivity contribution < 1.29 is 14.6 Å². The molecule has 6 heteroatoms. The van der Waals surface area contributed by atoms with Crippen LogP contribution in [-0.2, 0) is 24.3 Å². The number of ether oxygens (including phenoxy) is 1. The number of amides is 1. The van der Waals surface area contributed by atoms with Crippen molar-refractivity contribution in [2.24, 2.45) is 0 Å². The zero-order valence-electron chi connectivity index (χ0n) is 18.2. The molecule has 1 atom stereocenters. The molecule has 1 fully saturated rings. The lowest BCUT2D eigenvalue weighted by atomic mass is 10.00. The quantitative estimate of drug-likeness (QED) is 0.660. The van der Waals surface area contributed by atoms with Crippen molar-refractivity contribution in [1.82, 2.24) is 14.7 Å². The molecule has 166 valence electrons. The minimum Gasteiger partial charge on any atom is -0.491 e. The van der Waals surface area contributed by atoms with E-state index in [0.29, 0.717) is 13.2 Å². The average Bonchev–Trinajstić information content (AvgIpc) is 3.03. The lowest BCUT2D eigenvalue weighted by Crippen LogP contribution is -2.38. The molecular weight excluding hydrogens is 390 g/mol. The molecule has 0 aliphatic carbocycles. The number of aliphatic hydroxyl groups is 1. The summed E-state index contributed by atoms with van der Waals surface area (Å²) in [5.74, 6) is 0.796. The molecule has 0 radical (unpaired) electrons. The summed E-state index contributed by atoms with van der Waals surface area (Å²) in [4.78, 5) is 17.5. The molecule has 31 heavy (non-hydrogen) atoms. The van der Waals surface area contributed by atoms with Crippen LogP contribution in [0.4, 0.5) is 0 Å². The van der Waals surface area contributed by atoms with Crippen molar-refractivity contribution in [2.75, 3.05) is 45.9 Å². The molecule has 2 aliphatic heterocycles. The van der Waals surface area contributed by atoms with E-state index < -0.39 is 6.10 Å². The van der Waals surface area contributed by atoms with E-state index in [-0.39, 0.29) is 0 Å². The Morgan fingerprint density at radius 1 is 0.968 bits per heavy atom. The van der Waals surface area contributed by atoms with Gasteiger partial charge in [0.25, 0.3) is 0 Å². The number of β-amino-alcohol motifs (C(OH)–C–C–N with tert-alkyl or cyclic N) is 1. The highest BCUT2D eigenvalue weighted by molar-refractivity contribution is 5.46. The topological polar surface area (TPSA) is 56.3 Å². The van der Waals surface area contributed by atoms with Crippen molar-refractivity contribution in [3.05, 3.63) is 65.2 Å². The fraction of sp³-hybridized carbons (Fsp3) is 0.480. The van der Waals surface area contributed by atoms with Crippen LogP contribution in [0.5, 0.6) is 5.75 Å². The Balaban J connectivity index is 1.24. The third-order valence-electron chi connectivity index (χ3n) is 6.20. The van der Waals surface area contributed by atoms with Crippen LogP contribution >= 0.6 is 0 Å². The molecule has 2 aromatic rings. The van der Waals surface area contributed by atoms with Crippen LogP contribution in [0.3, 0.4) is 0 Å². The van der Waals surface area contributed by atoms with Crippen molar-refractivity contribution in [3.63, 3.8) is 0 Å². The summed E-state index contributed by atoms with van der Waals surface area (Å²) >= 11 is 0. The molecular formula is C25H33N3O3. The molecule has 2 heterocycles. The first-order chi connectivity index (χ1) is 15.2. The van der Waals surface area contributed by atoms with Gasteiger partial charge in [-0.25, -0.2) is 0 Å². The second-order valence-electron chi connectivity index (χ2n) is 8.64. The molecule has 1 N–H and O–H groups in total. The first-order valence-electron chi connectivity index (χ1n) is 11.3. The van der Waals surface area contributed by atoms with Crippen molar-refractivity contribution in [2.45, 2.75) is 32.0 Å². The number of aliphatic hydroxyl groups excluding tert-OH is 1. The van der Waals surface area contributed by atoms with E-state index in [0.717, 1.165) is 70.8 Å². The highest BCUT2D eigenvalue weighted by atomic mass is 16.5. The molecule has 0 unspecified atom stereocenters. The Labute approximate surface area is 185 Å². The minimum atomic E-state index is -0.520. The second kappa shape index (κ2) is 10.8. The summed E-state index contributed by atoms with van der Waals surface area (Å²) in [5, 5.41) is 10.5. The lowest BCUT2D eigenvalue weighted by molar-refractivity contribution is -0.118. The normalized spacial score (nSPS) is 18.8. The van der Waals surface area contributed by atoms with Gasteiger partial charge in [0.1, 0.15) is 18.5 Å². The molecule has 1 saturated heterocycles. The van der Waals surface area contributed by atoms with Gasteiger partial charge >= 0.3 is 0 Å². The number of carbonyl (C=O) groups is 1. The van der Waals surface area contributed by atoms with Gasteiger partial charge in [0, 0.05) is 52.4 Å². The third kappa shape index (κ3) is 6.29. The van der Waals surface area contributed by atoms with Crippen molar-refractivity contribution in [1.29, 1.82) is 0 Å². The number of rotatable bonds is 8. The van der Waals surface area contributed by atoms with Gasteiger partial charge in [-0.3, -0.25) is 14.6 Å². The summed E-state index contributed by atoms with van der Waals surface area (Å²) in [6, 6.07) is 16.7. The van der Waals surface area contributed by atoms with Crippen LogP contribution in [0.2, 0.25) is 0 Å². The first-order valence-corrected chi connectivity index (χ1v) is 11.3. The second-order valence-corrected chi connectivity index (χ2v) is 8.64. The minimum absolute atomic E-state index is 0.291. The zero-order valence-corrected chi connectivity index (χ0v) is 18.2. The fourth-order valence-corrected chi connectivity index (χ4v) is 4.50. The molecule has 0 spiro atoms. The highest BCUT2D eigenvalue weighted by Crippen LogP contribution is 2.19. The first kappa shape index (κ1) is 21.8. The predicted octanol–water partition coefficient (Wildman–Crippen LogP) is 2.15. The standard InChI is InChI=1S/C25H33N3O3/c29-20-27-11-4-10-26(13-14-27)16-21-5-3-8-25(15-21)31-19-24(30)18-28-12-9-22-6-1-2-7-23(22)17-28/h1-3,5-8,15,20,24,30H,4,9-14,16-19H2/t24-/m0/s1. The van der Waals surface area contributed by atoms with E-state index in [1.54, 1.807) is 0 Å². The van der Waals surface area contributed by atoms with Crippen LogP contribution in [0.1, 0.15) is 23.1 Å². The highest BCUT2D eigenvalue weighted by Gasteiger charge is 2.19. The predicted molar refractivity (Wildman–Crippen MR) is 121 cm³/mol. The Hall–Kier alpha value is -2.41. The number of nitrogens with zero attached hydrogens (tertiary/aromatic N) is 3. The zero-order chi connectivity index (χ0) is 21.5. The summed E-state index contributed by atoms with van der Waals surface area (Å²) in [5.41, 5.74) is 3.98. The van der Waals surface area contributed by atoms with Gasteiger partial charge in [-0.05, 0) is 41.7 Å². The van der Waals surface area contributed by atoms with E-state index in [2.05, 4.69) is 46.2 Å². The summed E-state index contributed by atoms with van der Waals surface area (Å²) in [7, 11) is 0. The summed E-state index contributed by atoms with van der Waals surface area (Å²) < 4.78 is 5.92. The van der Waals surface area contributed by atoms with Gasteiger partial charge in [-0.15, -0.1) is 0 Å². The molecule has 0 bridgehead atoms. The third-order valence-corrected chi connectivity index (χ3v) is 6.20. The molecule has 6 nitrogen and oxygen atoms in total. The number of carbonyl (C=O) groups excluding carboxylic acids is 1. The van der Waals surface area contributed by atoms with Crippen LogP contribution in [0.15, 0.2) is 48.5 Å². The Bertz CT molecular complexity index is 859. The van der Waals surface area contributed by atoms with Gasteiger partial charge in [0.15, 0.2) is 0 Å². The Morgan fingerprint density at radius 2 is 1.84 bits per heavy atom. The largest absolute Gasteiger partial charge is 0.491 e. The Kier molecular flexibility index (Phi) is 7.57. The van der Waals surface area contributed by atoms with Gasteiger partial charge in [0.2, 0.25) is 6.41 Å². The van der Waals surface area contributed by atoms with Gasteiger partial charge < -0.3 is 14.7 Å². The van der Waals surface area contributed by atoms with Gasteiger partial charge in [0.05, 0.1) is 0 Å². The average molecular weight is 424 g/mol.